The lowest BCUT2D eigenvalue weighted by Gasteiger charge is -2.61. The van der Waals surface area contributed by atoms with E-state index < -0.39 is 17.9 Å². The zero-order chi connectivity index (χ0) is 14.6. The first-order valence-electron chi connectivity index (χ1n) is 7.81. The van der Waals surface area contributed by atoms with Gasteiger partial charge in [0.1, 0.15) is 0 Å². The molecule has 0 radical (unpaired) electrons. The Morgan fingerprint density at radius 1 is 1.25 bits per heavy atom. The molecule has 0 aromatic carbocycles. The maximum atomic E-state index is 12.9. The SMILES string of the molecule is CCC12CC3CC(C1)CC(C(=O)OCC(C)(F)F)(C3)C2. The highest BCUT2D eigenvalue weighted by molar-refractivity contribution is 5.77. The third-order valence-corrected chi connectivity index (χ3v) is 5.82. The summed E-state index contributed by atoms with van der Waals surface area (Å²) in [4.78, 5) is 12.4. The Hall–Kier alpha value is -0.670. The molecular formula is C16H24F2O2. The summed E-state index contributed by atoms with van der Waals surface area (Å²) in [5, 5.41) is 0. The standard InChI is InChI=1S/C16H24F2O2/c1-3-15-5-11-4-12(6-15)8-16(7-11,9-15)13(19)20-10-14(2,17)18/h11-12H,3-10H2,1-2H3. The molecule has 4 heteroatoms. The van der Waals surface area contributed by atoms with E-state index in [9.17, 15) is 13.6 Å². The van der Waals surface area contributed by atoms with Crippen LogP contribution in [-0.2, 0) is 9.53 Å². The Bertz CT molecular complexity index is 399. The van der Waals surface area contributed by atoms with Crippen LogP contribution >= 0.6 is 0 Å². The molecule has 2 nitrogen and oxygen atoms in total. The number of hydrogen-bond acceptors (Lipinski definition) is 2. The van der Waals surface area contributed by atoms with Gasteiger partial charge in [0.05, 0.1) is 5.41 Å². The van der Waals surface area contributed by atoms with Crippen LogP contribution in [0.4, 0.5) is 8.78 Å². The Morgan fingerprint density at radius 3 is 2.35 bits per heavy atom. The summed E-state index contributed by atoms with van der Waals surface area (Å²) >= 11 is 0. The predicted molar refractivity (Wildman–Crippen MR) is 71.4 cm³/mol. The van der Waals surface area contributed by atoms with Crippen molar-refractivity contribution in [3.63, 3.8) is 0 Å². The molecule has 2 atom stereocenters. The molecular weight excluding hydrogens is 262 g/mol. The van der Waals surface area contributed by atoms with Crippen LogP contribution in [0.5, 0.6) is 0 Å². The minimum atomic E-state index is -2.93. The topological polar surface area (TPSA) is 26.3 Å². The van der Waals surface area contributed by atoms with Crippen LogP contribution < -0.4 is 0 Å². The van der Waals surface area contributed by atoms with Crippen LogP contribution in [0.15, 0.2) is 0 Å². The van der Waals surface area contributed by atoms with E-state index in [1.165, 1.54) is 19.3 Å². The minimum Gasteiger partial charge on any atom is -0.459 e. The van der Waals surface area contributed by atoms with E-state index in [-0.39, 0.29) is 11.4 Å². The predicted octanol–water partition coefficient (Wildman–Crippen LogP) is 4.18. The Balaban J connectivity index is 1.76. The van der Waals surface area contributed by atoms with Crippen molar-refractivity contribution in [1.82, 2.24) is 0 Å². The van der Waals surface area contributed by atoms with Gasteiger partial charge in [0.2, 0.25) is 0 Å². The minimum absolute atomic E-state index is 0.276. The second-order valence-electron chi connectivity index (χ2n) is 7.74. The average molecular weight is 286 g/mol. The number of carbonyl (C=O) groups excluding carboxylic acids is 1. The number of ether oxygens (including phenoxy) is 1. The van der Waals surface area contributed by atoms with Gasteiger partial charge in [0, 0.05) is 6.92 Å². The highest BCUT2D eigenvalue weighted by atomic mass is 19.3. The zero-order valence-electron chi connectivity index (χ0n) is 12.4. The van der Waals surface area contributed by atoms with Gasteiger partial charge in [-0.05, 0) is 55.8 Å². The normalized spacial score (nSPS) is 42.8. The highest BCUT2D eigenvalue weighted by Gasteiger charge is 2.60. The highest BCUT2D eigenvalue weighted by Crippen LogP contribution is 2.66. The summed E-state index contributed by atoms with van der Waals surface area (Å²) in [7, 11) is 0. The smallest absolute Gasteiger partial charge is 0.312 e. The summed E-state index contributed by atoms with van der Waals surface area (Å²) in [6.07, 6.45) is 7.34. The van der Waals surface area contributed by atoms with Gasteiger partial charge in [-0.2, -0.15) is 0 Å². The van der Waals surface area contributed by atoms with E-state index in [4.69, 9.17) is 4.74 Å². The molecule has 114 valence electrons. The molecule has 0 N–H and O–H groups in total. The largest absolute Gasteiger partial charge is 0.459 e. The maximum Gasteiger partial charge on any atom is 0.312 e. The van der Waals surface area contributed by atoms with E-state index in [2.05, 4.69) is 6.92 Å². The van der Waals surface area contributed by atoms with E-state index >= 15 is 0 Å². The molecule has 4 bridgehead atoms. The van der Waals surface area contributed by atoms with Gasteiger partial charge in [0.15, 0.2) is 6.61 Å². The van der Waals surface area contributed by atoms with Gasteiger partial charge in [-0.1, -0.05) is 13.3 Å². The van der Waals surface area contributed by atoms with Gasteiger partial charge >= 0.3 is 5.97 Å². The molecule has 0 heterocycles. The fourth-order valence-electron chi connectivity index (χ4n) is 5.45. The van der Waals surface area contributed by atoms with Crippen LogP contribution in [0.1, 0.15) is 58.8 Å². The number of hydrogen-bond donors (Lipinski definition) is 0. The van der Waals surface area contributed by atoms with Gasteiger partial charge in [0.25, 0.3) is 5.92 Å². The molecule has 0 aromatic rings. The van der Waals surface area contributed by atoms with Crippen molar-refractivity contribution in [3.8, 4) is 0 Å². The molecule has 0 spiro atoms. The van der Waals surface area contributed by atoms with Crippen LogP contribution in [0.3, 0.4) is 0 Å². The average Bonchev–Trinajstić information content (AvgIpc) is 2.33. The third-order valence-electron chi connectivity index (χ3n) is 5.82. The first-order chi connectivity index (χ1) is 9.26. The van der Waals surface area contributed by atoms with Crippen molar-refractivity contribution in [2.45, 2.75) is 64.7 Å². The molecule has 0 saturated heterocycles. The lowest BCUT2D eigenvalue weighted by molar-refractivity contribution is -0.188. The van der Waals surface area contributed by atoms with Gasteiger partial charge in [-0.25, -0.2) is 8.78 Å². The number of carbonyl (C=O) groups is 1. The van der Waals surface area contributed by atoms with Crippen molar-refractivity contribution in [2.75, 3.05) is 6.61 Å². The van der Waals surface area contributed by atoms with Gasteiger partial charge in [-0.3, -0.25) is 4.79 Å². The summed E-state index contributed by atoms with van der Waals surface area (Å²) in [6.45, 7) is 2.22. The molecule has 0 amide bonds. The summed E-state index contributed by atoms with van der Waals surface area (Å²) in [5.74, 6) is -2.08. The Kier molecular flexibility index (Phi) is 3.15. The van der Waals surface area contributed by atoms with E-state index in [1.807, 2.05) is 0 Å². The molecule has 0 aromatic heterocycles. The zero-order valence-corrected chi connectivity index (χ0v) is 12.4. The molecule has 4 rings (SSSR count). The molecule has 4 aliphatic rings. The second kappa shape index (κ2) is 4.41. The lowest BCUT2D eigenvalue weighted by atomic mass is 9.43. The quantitative estimate of drug-likeness (QED) is 0.725. The van der Waals surface area contributed by atoms with Crippen molar-refractivity contribution >= 4 is 5.97 Å². The van der Waals surface area contributed by atoms with E-state index in [0.717, 1.165) is 32.6 Å². The second-order valence-corrected chi connectivity index (χ2v) is 7.74. The molecule has 20 heavy (non-hydrogen) atoms. The van der Waals surface area contributed by atoms with E-state index in [1.54, 1.807) is 0 Å². The van der Waals surface area contributed by atoms with Crippen LogP contribution in [0, 0.1) is 22.7 Å². The Morgan fingerprint density at radius 2 is 1.85 bits per heavy atom. The molecule has 4 fully saturated rings. The van der Waals surface area contributed by atoms with Crippen LogP contribution in [-0.4, -0.2) is 18.5 Å². The number of esters is 1. The van der Waals surface area contributed by atoms with Crippen LogP contribution in [0.2, 0.25) is 0 Å². The van der Waals surface area contributed by atoms with Crippen molar-refractivity contribution in [3.05, 3.63) is 0 Å². The summed E-state index contributed by atoms with van der Waals surface area (Å²) < 4.78 is 30.8. The number of alkyl halides is 2. The molecule has 4 saturated carbocycles. The number of halogens is 2. The fourth-order valence-corrected chi connectivity index (χ4v) is 5.45. The van der Waals surface area contributed by atoms with Crippen molar-refractivity contribution < 1.29 is 18.3 Å². The molecule has 4 aliphatic carbocycles. The first kappa shape index (κ1) is 14.3. The first-order valence-corrected chi connectivity index (χ1v) is 7.81. The summed E-state index contributed by atoms with van der Waals surface area (Å²) in [5.41, 5.74) is -0.177. The molecule has 2 unspecified atom stereocenters. The van der Waals surface area contributed by atoms with Crippen molar-refractivity contribution in [1.29, 1.82) is 0 Å². The van der Waals surface area contributed by atoms with Crippen molar-refractivity contribution in [2.24, 2.45) is 22.7 Å². The fraction of sp³-hybridized carbons (Fsp3) is 0.938. The Labute approximate surface area is 119 Å². The number of rotatable bonds is 4. The lowest BCUT2D eigenvalue weighted by Crippen LogP contribution is -2.55. The molecule has 0 aliphatic heterocycles. The monoisotopic (exact) mass is 286 g/mol. The van der Waals surface area contributed by atoms with Crippen LogP contribution in [0.25, 0.3) is 0 Å². The van der Waals surface area contributed by atoms with Gasteiger partial charge < -0.3 is 4.74 Å². The third kappa shape index (κ3) is 2.35. The van der Waals surface area contributed by atoms with E-state index in [0.29, 0.717) is 11.8 Å². The summed E-state index contributed by atoms with van der Waals surface area (Å²) in [6, 6.07) is 0. The van der Waals surface area contributed by atoms with Gasteiger partial charge in [-0.15, -0.1) is 0 Å². The maximum absolute atomic E-state index is 12.9.